The zero-order chi connectivity index (χ0) is 14.8. The highest BCUT2D eigenvalue weighted by Crippen LogP contribution is 2.31. The second-order valence-corrected chi connectivity index (χ2v) is 5.34. The maximum absolute atomic E-state index is 12.4. The Morgan fingerprint density at radius 1 is 1.48 bits per heavy atom. The Labute approximate surface area is 122 Å². The molecule has 1 saturated heterocycles. The monoisotopic (exact) mass is 287 g/mol. The van der Waals surface area contributed by atoms with Gasteiger partial charge in [-0.2, -0.15) is 0 Å². The summed E-state index contributed by atoms with van der Waals surface area (Å²) in [4.78, 5) is 18.5. The van der Waals surface area contributed by atoms with Crippen molar-refractivity contribution >= 4 is 5.91 Å². The Bertz CT molecular complexity index is 626. The average Bonchev–Trinajstić information content (AvgIpc) is 3.13. The maximum atomic E-state index is 12.4. The fourth-order valence-corrected chi connectivity index (χ4v) is 2.78. The molecule has 0 unspecified atom stereocenters. The quantitative estimate of drug-likeness (QED) is 0.918. The van der Waals surface area contributed by atoms with E-state index in [1.807, 2.05) is 18.2 Å². The average molecular weight is 287 g/mol. The van der Waals surface area contributed by atoms with E-state index >= 15 is 0 Å². The van der Waals surface area contributed by atoms with Crippen molar-refractivity contribution in [2.24, 2.45) is 5.92 Å². The summed E-state index contributed by atoms with van der Waals surface area (Å²) < 4.78 is 4.95. The lowest BCUT2D eigenvalue weighted by atomic mass is 9.93. The number of carbonyl (C=O) groups excluding carboxylic acids is 1. The molecular weight excluding hydrogens is 270 g/mol. The number of pyridine rings is 1. The SMILES string of the molecule is Cc1cc(C(=O)N2C[C@@H](CO)[C@H](c3ccccn3)C2)no1. The second-order valence-electron chi connectivity index (χ2n) is 5.34. The van der Waals surface area contributed by atoms with Gasteiger partial charge in [-0.15, -0.1) is 0 Å². The molecule has 0 aliphatic carbocycles. The van der Waals surface area contributed by atoms with Crippen molar-refractivity contribution in [3.05, 3.63) is 47.6 Å². The van der Waals surface area contributed by atoms with Crippen molar-refractivity contribution in [3.63, 3.8) is 0 Å². The van der Waals surface area contributed by atoms with Crippen molar-refractivity contribution < 1.29 is 14.4 Å². The maximum Gasteiger partial charge on any atom is 0.276 e. The molecule has 3 rings (SSSR count). The molecule has 0 spiro atoms. The summed E-state index contributed by atoms with van der Waals surface area (Å²) >= 11 is 0. The highest BCUT2D eigenvalue weighted by molar-refractivity contribution is 5.92. The first-order chi connectivity index (χ1) is 10.2. The lowest BCUT2D eigenvalue weighted by Gasteiger charge is -2.14. The molecule has 2 aromatic heterocycles. The lowest BCUT2D eigenvalue weighted by Crippen LogP contribution is -2.29. The molecule has 1 fully saturated rings. The topological polar surface area (TPSA) is 79.5 Å². The van der Waals surface area contributed by atoms with Crippen molar-refractivity contribution in [2.45, 2.75) is 12.8 Å². The van der Waals surface area contributed by atoms with E-state index in [4.69, 9.17) is 4.52 Å². The Balaban J connectivity index is 1.79. The molecule has 6 heteroatoms. The van der Waals surface area contributed by atoms with Crippen LogP contribution >= 0.6 is 0 Å². The van der Waals surface area contributed by atoms with Gasteiger partial charge in [0.25, 0.3) is 5.91 Å². The molecule has 1 amide bonds. The van der Waals surface area contributed by atoms with E-state index in [9.17, 15) is 9.90 Å². The molecule has 6 nitrogen and oxygen atoms in total. The van der Waals surface area contributed by atoms with Crippen LogP contribution in [-0.2, 0) is 0 Å². The smallest absolute Gasteiger partial charge is 0.276 e. The van der Waals surface area contributed by atoms with E-state index in [0.717, 1.165) is 5.69 Å². The van der Waals surface area contributed by atoms with Crippen molar-refractivity contribution in [3.8, 4) is 0 Å². The van der Waals surface area contributed by atoms with Gasteiger partial charge in [-0.3, -0.25) is 9.78 Å². The molecule has 0 bridgehead atoms. The van der Waals surface area contributed by atoms with Crippen molar-refractivity contribution in [1.82, 2.24) is 15.0 Å². The third-order valence-electron chi connectivity index (χ3n) is 3.88. The summed E-state index contributed by atoms with van der Waals surface area (Å²) in [6.45, 7) is 2.82. The largest absolute Gasteiger partial charge is 0.396 e. The molecular formula is C15H17N3O3. The zero-order valence-electron chi connectivity index (χ0n) is 11.8. The summed E-state index contributed by atoms with van der Waals surface area (Å²) in [5.41, 5.74) is 1.22. The van der Waals surface area contributed by atoms with Crippen LogP contribution in [0.5, 0.6) is 0 Å². The van der Waals surface area contributed by atoms with E-state index in [2.05, 4.69) is 10.1 Å². The molecule has 1 N–H and O–H groups in total. The van der Waals surface area contributed by atoms with Crippen LogP contribution in [0.1, 0.15) is 27.9 Å². The lowest BCUT2D eigenvalue weighted by molar-refractivity contribution is 0.0771. The molecule has 0 radical (unpaired) electrons. The predicted molar refractivity (Wildman–Crippen MR) is 74.7 cm³/mol. The van der Waals surface area contributed by atoms with Crippen LogP contribution in [0.25, 0.3) is 0 Å². The highest BCUT2D eigenvalue weighted by Gasteiger charge is 2.37. The van der Waals surface area contributed by atoms with Gasteiger partial charge in [-0.05, 0) is 19.1 Å². The Hall–Kier alpha value is -2.21. The zero-order valence-corrected chi connectivity index (χ0v) is 11.8. The van der Waals surface area contributed by atoms with Gasteiger partial charge in [-0.25, -0.2) is 0 Å². The molecule has 3 heterocycles. The molecule has 0 aromatic carbocycles. The number of hydrogen-bond acceptors (Lipinski definition) is 5. The molecule has 21 heavy (non-hydrogen) atoms. The van der Waals surface area contributed by atoms with Crippen LogP contribution < -0.4 is 0 Å². The number of hydrogen-bond donors (Lipinski definition) is 1. The molecule has 0 saturated carbocycles. The number of carbonyl (C=O) groups is 1. The normalized spacial score (nSPS) is 21.7. The predicted octanol–water partition coefficient (Wildman–Crippen LogP) is 1.23. The summed E-state index contributed by atoms with van der Waals surface area (Å²) in [7, 11) is 0. The van der Waals surface area contributed by atoms with E-state index < -0.39 is 0 Å². The number of aryl methyl sites for hydroxylation is 1. The van der Waals surface area contributed by atoms with E-state index in [1.165, 1.54) is 0 Å². The summed E-state index contributed by atoms with van der Waals surface area (Å²) in [6, 6.07) is 7.33. The summed E-state index contributed by atoms with van der Waals surface area (Å²) in [5.74, 6) is 0.492. The molecule has 110 valence electrons. The van der Waals surface area contributed by atoms with Gasteiger partial charge < -0.3 is 14.5 Å². The number of aromatic nitrogens is 2. The van der Waals surface area contributed by atoms with Crippen molar-refractivity contribution in [1.29, 1.82) is 0 Å². The van der Waals surface area contributed by atoms with Gasteiger partial charge in [0.15, 0.2) is 5.69 Å². The third-order valence-corrected chi connectivity index (χ3v) is 3.88. The Morgan fingerprint density at radius 2 is 2.33 bits per heavy atom. The second kappa shape index (κ2) is 5.65. The molecule has 2 aromatic rings. The van der Waals surface area contributed by atoms with Crippen LogP contribution in [0.4, 0.5) is 0 Å². The van der Waals surface area contributed by atoms with Crippen LogP contribution in [0.3, 0.4) is 0 Å². The number of amides is 1. The Kier molecular flexibility index (Phi) is 3.70. The molecule has 1 aliphatic heterocycles. The first kappa shape index (κ1) is 13.8. The minimum Gasteiger partial charge on any atom is -0.396 e. The van der Waals surface area contributed by atoms with Gasteiger partial charge in [0.05, 0.1) is 0 Å². The molecule has 1 aliphatic rings. The number of aliphatic hydroxyl groups is 1. The number of nitrogens with zero attached hydrogens (tertiary/aromatic N) is 3. The minimum atomic E-state index is -0.163. The van der Waals surface area contributed by atoms with E-state index in [1.54, 1.807) is 24.1 Å². The number of aliphatic hydroxyl groups excluding tert-OH is 1. The number of likely N-dealkylation sites (tertiary alicyclic amines) is 1. The van der Waals surface area contributed by atoms with Crippen LogP contribution in [0, 0.1) is 12.8 Å². The molecule has 2 atom stereocenters. The highest BCUT2D eigenvalue weighted by atomic mass is 16.5. The van der Waals surface area contributed by atoms with Gasteiger partial charge in [0.2, 0.25) is 0 Å². The van der Waals surface area contributed by atoms with E-state index in [0.29, 0.717) is 24.5 Å². The first-order valence-electron chi connectivity index (χ1n) is 6.93. The fraction of sp³-hybridized carbons (Fsp3) is 0.400. The third kappa shape index (κ3) is 2.67. The fourth-order valence-electron chi connectivity index (χ4n) is 2.78. The number of rotatable bonds is 3. The van der Waals surface area contributed by atoms with E-state index in [-0.39, 0.29) is 24.3 Å². The van der Waals surface area contributed by atoms with Gasteiger partial charge in [0.1, 0.15) is 5.76 Å². The van der Waals surface area contributed by atoms with Crippen LogP contribution in [-0.4, -0.2) is 45.8 Å². The van der Waals surface area contributed by atoms with Gasteiger partial charge in [-0.1, -0.05) is 11.2 Å². The summed E-state index contributed by atoms with van der Waals surface area (Å²) in [6.07, 6.45) is 1.73. The first-order valence-corrected chi connectivity index (χ1v) is 6.93. The standard InChI is InChI=1S/C15H17N3O3/c1-10-6-14(17-21-10)15(20)18-7-11(9-19)12(8-18)13-4-2-3-5-16-13/h2-6,11-12,19H,7-9H2,1H3/t11-,12+/m0/s1. The minimum absolute atomic E-state index is 0.00292. The summed E-state index contributed by atoms with van der Waals surface area (Å²) in [5, 5.41) is 13.3. The van der Waals surface area contributed by atoms with Gasteiger partial charge >= 0.3 is 0 Å². The van der Waals surface area contributed by atoms with Crippen molar-refractivity contribution in [2.75, 3.05) is 19.7 Å². The van der Waals surface area contributed by atoms with Crippen LogP contribution in [0.2, 0.25) is 0 Å². The van der Waals surface area contributed by atoms with Gasteiger partial charge in [0, 0.05) is 49.5 Å². The Morgan fingerprint density at radius 3 is 2.95 bits per heavy atom. The van der Waals surface area contributed by atoms with Crippen LogP contribution in [0.15, 0.2) is 35.0 Å².